The standard InChI is InChI=1S/C20H32N4O2/c1-4-12-21-19(25)17-10-13-24(14-11-17)20(26)22-15-18(23(2)3)16-8-6-5-7-9-16/h5-9,17-18H,4,10-15H2,1-3H3,(H,21,25)(H,22,26). The highest BCUT2D eigenvalue weighted by Gasteiger charge is 2.27. The quantitative estimate of drug-likeness (QED) is 0.784. The number of benzene rings is 1. The molecule has 1 atom stereocenters. The average molecular weight is 361 g/mol. The van der Waals surface area contributed by atoms with Crippen molar-refractivity contribution in [2.75, 3.05) is 40.3 Å². The van der Waals surface area contributed by atoms with Gasteiger partial charge in [0, 0.05) is 32.1 Å². The van der Waals surface area contributed by atoms with Gasteiger partial charge in [-0.15, -0.1) is 0 Å². The molecule has 144 valence electrons. The van der Waals surface area contributed by atoms with Gasteiger partial charge in [-0.25, -0.2) is 4.79 Å². The van der Waals surface area contributed by atoms with Crippen molar-refractivity contribution < 1.29 is 9.59 Å². The fourth-order valence-corrected chi connectivity index (χ4v) is 3.31. The fourth-order valence-electron chi connectivity index (χ4n) is 3.31. The molecular weight excluding hydrogens is 328 g/mol. The van der Waals surface area contributed by atoms with E-state index >= 15 is 0 Å². The van der Waals surface area contributed by atoms with E-state index in [1.54, 1.807) is 0 Å². The molecule has 0 bridgehead atoms. The van der Waals surface area contributed by atoms with Gasteiger partial charge in [0.05, 0.1) is 6.04 Å². The molecule has 2 N–H and O–H groups in total. The van der Waals surface area contributed by atoms with E-state index in [9.17, 15) is 9.59 Å². The van der Waals surface area contributed by atoms with Crippen LogP contribution in [0.2, 0.25) is 0 Å². The Bertz CT molecular complexity index is 568. The van der Waals surface area contributed by atoms with Gasteiger partial charge in [0.15, 0.2) is 0 Å². The van der Waals surface area contributed by atoms with Crippen LogP contribution in [0, 0.1) is 5.92 Å². The van der Waals surface area contributed by atoms with Gasteiger partial charge in [-0.3, -0.25) is 4.79 Å². The van der Waals surface area contributed by atoms with Gasteiger partial charge in [-0.2, -0.15) is 0 Å². The number of urea groups is 1. The van der Waals surface area contributed by atoms with Crippen LogP contribution in [0.15, 0.2) is 30.3 Å². The summed E-state index contributed by atoms with van der Waals surface area (Å²) in [5, 5.41) is 6.01. The van der Waals surface area contributed by atoms with Gasteiger partial charge in [0.2, 0.25) is 5.91 Å². The van der Waals surface area contributed by atoms with Crippen LogP contribution in [0.5, 0.6) is 0 Å². The average Bonchev–Trinajstić information content (AvgIpc) is 2.66. The maximum absolute atomic E-state index is 12.5. The Morgan fingerprint density at radius 1 is 1.15 bits per heavy atom. The molecule has 0 aromatic heterocycles. The zero-order valence-corrected chi connectivity index (χ0v) is 16.2. The number of amides is 3. The summed E-state index contributed by atoms with van der Waals surface area (Å²) in [4.78, 5) is 28.5. The van der Waals surface area contributed by atoms with E-state index in [0.717, 1.165) is 25.8 Å². The molecule has 2 rings (SSSR count). The predicted octanol–water partition coefficient (Wildman–Crippen LogP) is 2.24. The van der Waals surface area contributed by atoms with Crippen molar-refractivity contribution in [3.8, 4) is 0 Å². The van der Waals surface area contributed by atoms with Crippen LogP contribution in [0.3, 0.4) is 0 Å². The number of piperidine rings is 1. The molecule has 1 aromatic carbocycles. The van der Waals surface area contributed by atoms with Crippen molar-refractivity contribution in [3.63, 3.8) is 0 Å². The molecule has 1 unspecified atom stereocenters. The van der Waals surface area contributed by atoms with Crippen LogP contribution >= 0.6 is 0 Å². The Morgan fingerprint density at radius 2 is 1.81 bits per heavy atom. The van der Waals surface area contributed by atoms with Crippen molar-refractivity contribution in [2.24, 2.45) is 5.92 Å². The molecule has 3 amide bonds. The van der Waals surface area contributed by atoms with Gasteiger partial charge in [0.25, 0.3) is 0 Å². The van der Waals surface area contributed by atoms with Crippen LogP contribution in [0.25, 0.3) is 0 Å². The molecule has 1 aliphatic heterocycles. The second-order valence-corrected chi connectivity index (χ2v) is 7.13. The van der Waals surface area contributed by atoms with Crippen LogP contribution in [-0.2, 0) is 4.79 Å². The van der Waals surface area contributed by atoms with Crippen LogP contribution in [0.4, 0.5) is 4.79 Å². The number of likely N-dealkylation sites (N-methyl/N-ethyl adjacent to an activating group) is 1. The lowest BCUT2D eigenvalue weighted by Gasteiger charge is -2.32. The van der Waals surface area contributed by atoms with E-state index in [2.05, 4.69) is 27.7 Å². The minimum atomic E-state index is -0.0415. The van der Waals surface area contributed by atoms with E-state index in [-0.39, 0.29) is 23.9 Å². The Kier molecular flexibility index (Phi) is 7.91. The van der Waals surface area contributed by atoms with Crippen molar-refractivity contribution in [3.05, 3.63) is 35.9 Å². The maximum atomic E-state index is 12.5. The molecular formula is C20H32N4O2. The van der Waals surface area contributed by atoms with E-state index in [1.165, 1.54) is 5.56 Å². The Balaban J connectivity index is 1.80. The molecule has 1 aliphatic rings. The Morgan fingerprint density at radius 3 is 2.38 bits per heavy atom. The Hall–Kier alpha value is -2.08. The fraction of sp³-hybridized carbons (Fsp3) is 0.600. The second kappa shape index (κ2) is 10.2. The van der Waals surface area contributed by atoms with Gasteiger partial charge >= 0.3 is 6.03 Å². The second-order valence-electron chi connectivity index (χ2n) is 7.13. The minimum Gasteiger partial charge on any atom is -0.356 e. The number of likely N-dealkylation sites (tertiary alicyclic amines) is 1. The molecule has 1 fully saturated rings. The van der Waals surface area contributed by atoms with Gasteiger partial charge in [0.1, 0.15) is 0 Å². The molecule has 6 nitrogen and oxygen atoms in total. The largest absolute Gasteiger partial charge is 0.356 e. The highest BCUT2D eigenvalue weighted by molar-refractivity contribution is 5.79. The smallest absolute Gasteiger partial charge is 0.317 e. The molecule has 1 saturated heterocycles. The van der Waals surface area contributed by atoms with E-state index in [0.29, 0.717) is 19.6 Å². The van der Waals surface area contributed by atoms with Crippen molar-refractivity contribution in [2.45, 2.75) is 32.2 Å². The first-order valence-corrected chi connectivity index (χ1v) is 9.54. The Labute approximate surface area is 156 Å². The van der Waals surface area contributed by atoms with Crippen LogP contribution in [-0.4, -0.2) is 62.0 Å². The summed E-state index contributed by atoms with van der Waals surface area (Å²) in [6, 6.07) is 10.3. The van der Waals surface area contributed by atoms with E-state index in [4.69, 9.17) is 0 Å². The zero-order chi connectivity index (χ0) is 18.9. The number of carbonyl (C=O) groups is 2. The molecule has 26 heavy (non-hydrogen) atoms. The third-order valence-electron chi connectivity index (χ3n) is 4.96. The third kappa shape index (κ3) is 5.73. The SMILES string of the molecule is CCCNC(=O)C1CCN(C(=O)NCC(c2ccccc2)N(C)C)CC1. The number of nitrogens with zero attached hydrogens (tertiary/aromatic N) is 2. The lowest BCUT2D eigenvalue weighted by molar-refractivity contribution is -0.126. The lowest BCUT2D eigenvalue weighted by Crippen LogP contribution is -2.48. The summed E-state index contributed by atoms with van der Waals surface area (Å²) in [5.41, 5.74) is 1.18. The summed E-state index contributed by atoms with van der Waals surface area (Å²) in [6.07, 6.45) is 2.42. The summed E-state index contributed by atoms with van der Waals surface area (Å²) in [7, 11) is 4.04. The van der Waals surface area contributed by atoms with Crippen LogP contribution < -0.4 is 10.6 Å². The lowest BCUT2D eigenvalue weighted by atomic mass is 9.96. The first-order chi connectivity index (χ1) is 12.5. The summed E-state index contributed by atoms with van der Waals surface area (Å²) >= 11 is 0. The van der Waals surface area contributed by atoms with E-state index < -0.39 is 0 Å². The minimum absolute atomic E-state index is 0.0319. The van der Waals surface area contributed by atoms with E-state index in [1.807, 2.05) is 44.1 Å². The summed E-state index contributed by atoms with van der Waals surface area (Å²) in [5.74, 6) is 0.160. The topological polar surface area (TPSA) is 64.7 Å². The number of hydrogen-bond acceptors (Lipinski definition) is 3. The van der Waals surface area contributed by atoms with Crippen molar-refractivity contribution in [1.82, 2.24) is 20.4 Å². The molecule has 1 aromatic rings. The number of hydrogen-bond donors (Lipinski definition) is 2. The molecule has 1 heterocycles. The molecule has 0 spiro atoms. The summed E-state index contributed by atoms with van der Waals surface area (Å²) < 4.78 is 0. The highest BCUT2D eigenvalue weighted by Crippen LogP contribution is 2.19. The van der Waals surface area contributed by atoms with Gasteiger partial charge < -0.3 is 20.4 Å². The normalized spacial score (nSPS) is 16.4. The van der Waals surface area contributed by atoms with Crippen molar-refractivity contribution >= 4 is 11.9 Å². The monoisotopic (exact) mass is 360 g/mol. The molecule has 6 heteroatoms. The third-order valence-corrected chi connectivity index (χ3v) is 4.96. The first-order valence-electron chi connectivity index (χ1n) is 9.54. The summed E-state index contributed by atoms with van der Waals surface area (Å²) in [6.45, 7) is 4.60. The maximum Gasteiger partial charge on any atom is 0.317 e. The first kappa shape index (κ1) is 20.2. The van der Waals surface area contributed by atoms with Gasteiger partial charge in [-0.1, -0.05) is 37.3 Å². The molecule has 0 saturated carbocycles. The van der Waals surface area contributed by atoms with Gasteiger partial charge in [-0.05, 0) is 38.9 Å². The van der Waals surface area contributed by atoms with Crippen molar-refractivity contribution in [1.29, 1.82) is 0 Å². The predicted molar refractivity (Wildman–Crippen MR) is 104 cm³/mol. The highest BCUT2D eigenvalue weighted by atomic mass is 16.2. The van der Waals surface area contributed by atoms with Crippen LogP contribution in [0.1, 0.15) is 37.8 Å². The number of nitrogens with one attached hydrogen (secondary N) is 2. The number of rotatable bonds is 7. The number of carbonyl (C=O) groups excluding carboxylic acids is 2. The zero-order valence-electron chi connectivity index (χ0n) is 16.2. The molecule has 0 aliphatic carbocycles. The molecule has 0 radical (unpaired) electrons.